The van der Waals surface area contributed by atoms with E-state index < -0.39 is 0 Å². The van der Waals surface area contributed by atoms with Crippen molar-refractivity contribution in [1.29, 1.82) is 0 Å². The molecule has 0 amide bonds. The molecule has 1 aromatic rings. The second-order valence-electron chi connectivity index (χ2n) is 3.41. The normalized spacial score (nSPS) is 12.7. The van der Waals surface area contributed by atoms with Crippen LogP contribution < -0.4 is 10.6 Å². The first-order valence-corrected chi connectivity index (χ1v) is 5.31. The van der Waals surface area contributed by atoms with E-state index in [1.165, 1.54) is 0 Å². The molecule has 5 heteroatoms. The molecule has 0 aliphatic rings. The van der Waals surface area contributed by atoms with Crippen LogP contribution in [-0.4, -0.2) is 25.0 Å². The van der Waals surface area contributed by atoms with E-state index in [0.717, 1.165) is 11.0 Å². The van der Waals surface area contributed by atoms with E-state index in [1.807, 2.05) is 18.6 Å². The molecule has 1 aromatic heterocycles. The zero-order valence-electron chi connectivity index (χ0n) is 8.96. The monoisotopic (exact) mass is 212 g/mol. The minimum absolute atomic E-state index is 0.188. The van der Waals surface area contributed by atoms with Crippen LogP contribution in [0.5, 0.6) is 0 Å². The Hall–Kier alpha value is -1.10. The number of nitrogens with one attached hydrogen (secondary N) is 2. The van der Waals surface area contributed by atoms with E-state index in [1.54, 1.807) is 18.4 Å². The molecular formula is C9H16N4S. The third kappa shape index (κ3) is 2.45. The van der Waals surface area contributed by atoms with Crippen molar-refractivity contribution in [2.75, 3.05) is 14.1 Å². The Bertz CT molecular complexity index is 303. The summed E-state index contributed by atoms with van der Waals surface area (Å²) in [6.07, 6.45) is 1.81. The van der Waals surface area contributed by atoms with E-state index in [-0.39, 0.29) is 5.54 Å². The average molecular weight is 212 g/mol. The van der Waals surface area contributed by atoms with Gasteiger partial charge < -0.3 is 10.6 Å². The first kappa shape index (κ1) is 11.0. The summed E-state index contributed by atoms with van der Waals surface area (Å²) < 4.78 is 0. The van der Waals surface area contributed by atoms with Crippen LogP contribution in [-0.2, 0) is 5.54 Å². The molecule has 1 rings (SSSR count). The largest absolute Gasteiger partial charge is 0.359 e. The van der Waals surface area contributed by atoms with Crippen molar-refractivity contribution < 1.29 is 0 Å². The minimum Gasteiger partial charge on any atom is -0.359 e. The molecule has 0 saturated heterocycles. The van der Waals surface area contributed by atoms with Gasteiger partial charge in [0, 0.05) is 25.7 Å². The molecule has 4 nitrogen and oxygen atoms in total. The Morgan fingerprint density at radius 3 is 2.71 bits per heavy atom. The standard InChI is InChI=1S/C9H16N4S/c1-9(2,7-12-5-6-14-7)13-8(10-3)11-4/h5-6H,1-4H3,(H2,10,11,13). The summed E-state index contributed by atoms with van der Waals surface area (Å²) in [4.78, 5) is 8.36. The number of hydrogen-bond donors (Lipinski definition) is 2. The van der Waals surface area contributed by atoms with Gasteiger partial charge in [0.2, 0.25) is 0 Å². The second kappa shape index (κ2) is 4.41. The molecule has 0 fully saturated rings. The van der Waals surface area contributed by atoms with E-state index in [9.17, 15) is 0 Å². The second-order valence-corrected chi connectivity index (χ2v) is 4.30. The van der Waals surface area contributed by atoms with Gasteiger partial charge in [-0.2, -0.15) is 0 Å². The third-order valence-electron chi connectivity index (χ3n) is 1.86. The highest BCUT2D eigenvalue weighted by Gasteiger charge is 2.23. The predicted octanol–water partition coefficient (Wildman–Crippen LogP) is 1.17. The lowest BCUT2D eigenvalue weighted by molar-refractivity contribution is 0.476. The zero-order valence-corrected chi connectivity index (χ0v) is 9.77. The summed E-state index contributed by atoms with van der Waals surface area (Å²) in [5.41, 5.74) is -0.188. The van der Waals surface area contributed by atoms with Crippen molar-refractivity contribution in [3.63, 3.8) is 0 Å². The lowest BCUT2D eigenvalue weighted by Gasteiger charge is -2.25. The Balaban J connectivity index is 2.77. The molecule has 2 N–H and O–H groups in total. The molecule has 0 aliphatic carbocycles. The van der Waals surface area contributed by atoms with Crippen molar-refractivity contribution in [2.45, 2.75) is 19.4 Å². The maximum atomic E-state index is 4.28. The first-order chi connectivity index (χ1) is 6.60. The number of aromatic nitrogens is 1. The molecule has 0 bridgehead atoms. The van der Waals surface area contributed by atoms with Gasteiger partial charge in [-0.25, -0.2) is 4.98 Å². The quantitative estimate of drug-likeness (QED) is 0.571. The molecule has 0 radical (unpaired) electrons. The maximum absolute atomic E-state index is 4.28. The Labute approximate surface area is 88.5 Å². The van der Waals surface area contributed by atoms with Gasteiger partial charge >= 0.3 is 0 Å². The highest BCUT2D eigenvalue weighted by atomic mass is 32.1. The number of thiazole rings is 1. The summed E-state index contributed by atoms with van der Waals surface area (Å²) in [7, 11) is 3.59. The molecule has 14 heavy (non-hydrogen) atoms. The molecular weight excluding hydrogens is 196 g/mol. The molecule has 0 spiro atoms. The van der Waals surface area contributed by atoms with Crippen LogP contribution in [0.1, 0.15) is 18.9 Å². The lowest BCUT2D eigenvalue weighted by atomic mass is 10.1. The fourth-order valence-electron chi connectivity index (χ4n) is 1.11. The van der Waals surface area contributed by atoms with Crippen molar-refractivity contribution >= 4 is 17.3 Å². The van der Waals surface area contributed by atoms with Crippen LogP contribution in [0.4, 0.5) is 0 Å². The van der Waals surface area contributed by atoms with Gasteiger partial charge in [-0.1, -0.05) is 0 Å². The SMILES string of the molecule is CN=C(NC)NC(C)(C)c1nccs1. The van der Waals surface area contributed by atoms with Crippen LogP contribution >= 0.6 is 11.3 Å². The smallest absolute Gasteiger partial charge is 0.191 e. The Kier molecular flexibility index (Phi) is 3.46. The summed E-state index contributed by atoms with van der Waals surface area (Å²) in [6.45, 7) is 4.16. The zero-order chi connectivity index (χ0) is 10.6. The van der Waals surface area contributed by atoms with E-state index >= 15 is 0 Å². The highest BCUT2D eigenvalue weighted by molar-refractivity contribution is 7.09. The van der Waals surface area contributed by atoms with Crippen LogP contribution in [0.15, 0.2) is 16.6 Å². The fraction of sp³-hybridized carbons (Fsp3) is 0.556. The molecule has 0 aromatic carbocycles. The molecule has 0 atom stereocenters. The fourth-order valence-corrected chi connectivity index (χ4v) is 1.83. The predicted molar refractivity (Wildman–Crippen MR) is 60.7 cm³/mol. The summed E-state index contributed by atoms with van der Waals surface area (Å²) >= 11 is 1.64. The maximum Gasteiger partial charge on any atom is 0.191 e. The van der Waals surface area contributed by atoms with E-state index in [0.29, 0.717) is 0 Å². The van der Waals surface area contributed by atoms with Crippen molar-refractivity contribution in [3.8, 4) is 0 Å². The Morgan fingerprint density at radius 1 is 1.57 bits per heavy atom. The van der Waals surface area contributed by atoms with Gasteiger partial charge in [-0.3, -0.25) is 4.99 Å². The number of guanidine groups is 1. The molecule has 0 unspecified atom stereocenters. The Morgan fingerprint density at radius 2 is 2.29 bits per heavy atom. The minimum atomic E-state index is -0.188. The first-order valence-electron chi connectivity index (χ1n) is 4.43. The van der Waals surface area contributed by atoms with Crippen molar-refractivity contribution in [2.24, 2.45) is 4.99 Å². The molecule has 0 aliphatic heterocycles. The number of rotatable bonds is 2. The van der Waals surface area contributed by atoms with Gasteiger partial charge in [-0.15, -0.1) is 11.3 Å². The molecule has 0 saturated carbocycles. The third-order valence-corrected chi connectivity index (χ3v) is 2.96. The number of aliphatic imine (C=N–C) groups is 1. The average Bonchev–Trinajstić information content (AvgIpc) is 2.67. The van der Waals surface area contributed by atoms with Crippen LogP contribution in [0, 0.1) is 0 Å². The molecule has 1 heterocycles. The topological polar surface area (TPSA) is 49.3 Å². The lowest BCUT2D eigenvalue weighted by Crippen LogP contribution is -2.46. The number of hydrogen-bond acceptors (Lipinski definition) is 3. The van der Waals surface area contributed by atoms with E-state index in [2.05, 4.69) is 34.5 Å². The van der Waals surface area contributed by atoms with Crippen molar-refractivity contribution in [3.05, 3.63) is 16.6 Å². The van der Waals surface area contributed by atoms with Crippen LogP contribution in [0.3, 0.4) is 0 Å². The summed E-state index contributed by atoms with van der Waals surface area (Å²) in [6, 6.07) is 0. The highest BCUT2D eigenvalue weighted by Crippen LogP contribution is 2.21. The number of nitrogens with zero attached hydrogens (tertiary/aromatic N) is 2. The van der Waals surface area contributed by atoms with Crippen molar-refractivity contribution in [1.82, 2.24) is 15.6 Å². The molecule has 78 valence electrons. The van der Waals surface area contributed by atoms with Crippen LogP contribution in [0.25, 0.3) is 0 Å². The van der Waals surface area contributed by atoms with Crippen LogP contribution in [0.2, 0.25) is 0 Å². The summed E-state index contributed by atoms with van der Waals surface area (Å²) in [5.74, 6) is 0.769. The summed E-state index contributed by atoms with van der Waals surface area (Å²) in [5, 5.41) is 9.29. The van der Waals surface area contributed by atoms with Gasteiger partial charge in [0.05, 0.1) is 5.54 Å². The van der Waals surface area contributed by atoms with Gasteiger partial charge in [0.25, 0.3) is 0 Å². The van der Waals surface area contributed by atoms with Gasteiger partial charge in [0.1, 0.15) is 5.01 Å². The van der Waals surface area contributed by atoms with E-state index in [4.69, 9.17) is 0 Å². The van der Waals surface area contributed by atoms with Gasteiger partial charge in [0.15, 0.2) is 5.96 Å². The van der Waals surface area contributed by atoms with Gasteiger partial charge in [-0.05, 0) is 13.8 Å².